The van der Waals surface area contributed by atoms with Gasteiger partial charge < -0.3 is 15.0 Å². The third kappa shape index (κ3) is 2.91. The van der Waals surface area contributed by atoms with Gasteiger partial charge in [0, 0.05) is 37.3 Å². The number of hydrogen-bond donors (Lipinski definition) is 1. The lowest BCUT2D eigenvalue weighted by molar-refractivity contribution is 0.414. The van der Waals surface area contributed by atoms with Gasteiger partial charge in [0.15, 0.2) is 0 Å². The Balaban J connectivity index is 1.72. The summed E-state index contributed by atoms with van der Waals surface area (Å²) in [5, 5.41) is 8.27. The topological polar surface area (TPSA) is 76.5 Å². The summed E-state index contributed by atoms with van der Waals surface area (Å²) in [6.45, 7) is 3.76. The molecule has 0 aliphatic carbocycles. The first-order valence-corrected chi connectivity index (χ1v) is 9.87. The number of nitrogens with one attached hydrogen (secondary N) is 1. The molecule has 0 amide bonds. The number of piperazine rings is 1. The van der Waals surface area contributed by atoms with Gasteiger partial charge >= 0.3 is 0 Å². The molecule has 0 saturated carbocycles. The van der Waals surface area contributed by atoms with Crippen molar-refractivity contribution in [2.24, 2.45) is 0 Å². The lowest BCUT2D eigenvalue weighted by atomic mass is 10.2. The Hall–Kier alpha value is -2.58. The Morgan fingerprint density at radius 3 is 2.50 bits per heavy atom. The van der Waals surface area contributed by atoms with Crippen molar-refractivity contribution < 1.29 is 13.2 Å². The number of ether oxygens (including phenoxy) is 1. The van der Waals surface area contributed by atoms with E-state index in [0.717, 1.165) is 41.3 Å². The summed E-state index contributed by atoms with van der Waals surface area (Å²) in [7, 11) is -2.22. The number of hydrogen-bond acceptors (Lipinski definition) is 6. The zero-order valence-corrected chi connectivity index (χ0v) is 15.2. The molecule has 0 atom stereocenters. The normalized spacial score (nSPS) is 15.3. The fourth-order valence-electron chi connectivity index (χ4n) is 3.16. The van der Waals surface area contributed by atoms with Crippen molar-refractivity contribution in [3.63, 3.8) is 0 Å². The Morgan fingerprint density at radius 2 is 1.81 bits per heavy atom. The van der Waals surface area contributed by atoms with E-state index in [1.807, 2.05) is 18.2 Å². The van der Waals surface area contributed by atoms with Gasteiger partial charge in [-0.1, -0.05) is 0 Å². The first kappa shape index (κ1) is 16.9. The lowest BCUT2D eigenvalue weighted by Gasteiger charge is -2.29. The predicted octanol–water partition coefficient (Wildman–Crippen LogP) is 1.69. The summed E-state index contributed by atoms with van der Waals surface area (Å²) in [5.74, 6) is 0.606. The highest BCUT2D eigenvalue weighted by molar-refractivity contribution is 7.90. The summed E-state index contributed by atoms with van der Waals surface area (Å²) in [5.41, 5.74) is 1.65. The minimum atomic E-state index is -3.76. The monoisotopic (exact) mass is 372 g/mol. The third-order valence-corrected chi connectivity index (χ3v) is 6.20. The van der Waals surface area contributed by atoms with Crippen LogP contribution in [0, 0.1) is 0 Å². The molecule has 1 aliphatic rings. The summed E-state index contributed by atoms with van der Waals surface area (Å²) in [4.78, 5) is 2.46. The molecule has 0 radical (unpaired) electrons. The molecule has 7 nitrogen and oxygen atoms in total. The van der Waals surface area contributed by atoms with E-state index in [9.17, 15) is 8.42 Å². The highest BCUT2D eigenvalue weighted by Gasteiger charge is 2.21. The molecule has 2 aromatic carbocycles. The second-order valence-corrected chi connectivity index (χ2v) is 7.92. The van der Waals surface area contributed by atoms with Crippen LogP contribution >= 0.6 is 0 Å². The molecule has 1 aliphatic heterocycles. The smallest absolute Gasteiger partial charge is 0.283 e. The Kier molecular flexibility index (Phi) is 4.29. The Morgan fingerprint density at radius 1 is 1.08 bits per heavy atom. The van der Waals surface area contributed by atoms with Gasteiger partial charge in [0.2, 0.25) is 0 Å². The largest absolute Gasteiger partial charge is 0.497 e. The van der Waals surface area contributed by atoms with Crippen LogP contribution < -0.4 is 15.0 Å². The van der Waals surface area contributed by atoms with Crippen LogP contribution in [0.4, 0.5) is 5.69 Å². The molecule has 1 aromatic heterocycles. The maximum Gasteiger partial charge on any atom is 0.283 e. The van der Waals surface area contributed by atoms with Crippen molar-refractivity contribution in [1.82, 2.24) is 14.5 Å². The molecule has 136 valence electrons. The van der Waals surface area contributed by atoms with Gasteiger partial charge in [-0.25, -0.2) is 0 Å². The van der Waals surface area contributed by atoms with Gasteiger partial charge in [-0.3, -0.25) is 0 Å². The van der Waals surface area contributed by atoms with Gasteiger partial charge in [0.25, 0.3) is 10.0 Å². The number of anilines is 1. The number of rotatable bonds is 4. The quantitative estimate of drug-likeness (QED) is 0.751. The standard InChI is InChI=1S/C18H20N4O3S/c1-25-16-3-5-17(6-4-16)26(23,24)22-18-7-2-15(12-14(18)13-20-22)21-10-8-19-9-11-21/h2-7,12-13,19H,8-11H2,1H3. The fraction of sp³-hybridized carbons (Fsp3) is 0.278. The SMILES string of the molecule is COc1ccc(S(=O)(=O)n2ncc3cc(N4CCNCC4)ccc32)cc1. The highest BCUT2D eigenvalue weighted by atomic mass is 32.2. The number of nitrogens with zero attached hydrogens (tertiary/aromatic N) is 3. The van der Waals surface area contributed by atoms with E-state index >= 15 is 0 Å². The zero-order valence-electron chi connectivity index (χ0n) is 14.4. The van der Waals surface area contributed by atoms with Crippen molar-refractivity contribution >= 4 is 26.6 Å². The molecule has 1 saturated heterocycles. The molecule has 26 heavy (non-hydrogen) atoms. The van der Waals surface area contributed by atoms with Crippen LogP contribution in [0.1, 0.15) is 0 Å². The number of fused-ring (bicyclic) bond motifs is 1. The van der Waals surface area contributed by atoms with Gasteiger partial charge in [-0.2, -0.15) is 17.6 Å². The van der Waals surface area contributed by atoms with Gasteiger partial charge in [-0.15, -0.1) is 0 Å². The molecule has 1 N–H and O–H groups in total. The maximum atomic E-state index is 12.9. The number of methoxy groups -OCH3 is 1. The van der Waals surface area contributed by atoms with E-state index < -0.39 is 10.0 Å². The van der Waals surface area contributed by atoms with Crippen LogP contribution in [0.5, 0.6) is 5.75 Å². The summed E-state index contributed by atoms with van der Waals surface area (Å²) in [6.07, 6.45) is 1.60. The van der Waals surface area contributed by atoms with Crippen LogP contribution in [0.15, 0.2) is 53.6 Å². The third-order valence-electron chi connectivity index (χ3n) is 4.59. The van der Waals surface area contributed by atoms with Crippen molar-refractivity contribution in [2.45, 2.75) is 4.90 Å². The maximum absolute atomic E-state index is 12.9. The van der Waals surface area contributed by atoms with Crippen molar-refractivity contribution in [1.29, 1.82) is 0 Å². The van der Waals surface area contributed by atoms with Gasteiger partial charge in [-0.05, 0) is 42.5 Å². The molecule has 1 fully saturated rings. The number of benzene rings is 2. The van der Waals surface area contributed by atoms with E-state index in [1.165, 1.54) is 12.1 Å². The van der Waals surface area contributed by atoms with E-state index in [4.69, 9.17) is 4.74 Å². The molecule has 4 rings (SSSR count). The van der Waals surface area contributed by atoms with Crippen molar-refractivity contribution in [3.05, 3.63) is 48.7 Å². The first-order valence-electron chi connectivity index (χ1n) is 8.43. The van der Waals surface area contributed by atoms with Crippen LogP contribution in [0.2, 0.25) is 0 Å². The van der Waals surface area contributed by atoms with Crippen LogP contribution in [-0.4, -0.2) is 50.9 Å². The van der Waals surface area contributed by atoms with Crippen LogP contribution in [0.25, 0.3) is 10.9 Å². The lowest BCUT2D eigenvalue weighted by Crippen LogP contribution is -2.43. The van der Waals surface area contributed by atoms with Crippen molar-refractivity contribution in [3.8, 4) is 5.75 Å². The van der Waals surface area contributed by atoms with Gasteiger partial charge in [0.05, 0.1) is 23.7 Å². The van der Waals surface area contributed by atoms with E-state index in [-0.39, 0.29) is 4.90 Å². The van der Waals surface area contributed by atoms with E-state index in [2.05, 4.69) is 15.3 Å². The molecule has 0 spiro atoms. The molecule has 8 heteroatoms. The minimum absolute atomic E-state index is 0.175. The summed E-state index contributed by atoms with van der Waals surface area (Å²) < 4.78 is 32.0. The van der Waals surface area contributed by atoms with E-state index in [1.54, 1.807) is 25.4 Å². The molecule has 2 heterocycles. The Labute approximate surface area is 152 Å². The van der Waals surface area contributed by atoms with Crippen LogP contribution in [-0.2, 0) is 10.0 Å². The fourth-order valence-corrected chi connectivity index (χ4v) is 4.43. The minimum Gasteiger partial charge on any atom is -0.497 e. The molecule has 3 aromatic rings. The number of aromatic nitrogens is 2. The molecule has 0 unspecified atom stereocenters. The second-order valence-electron chi connectivity index (χ2n) is 6.15. The van der Waals surface area contributed by atoms with Crippen LogP contribution in [0.3, 0.4) is 0 Å². The average Bonchev–Trinajstić information content (AvgIpc) is 3.13. The Bertz CT molecular complexity index is 1020. The second kappa shape index (κ2) is 6.62. The first-order chi connectivity index (χ1) is 12.6. The average molecular weight is 372 g/mol. The van der Waals surface area contributed by atoms with Crippen molar-refractivity contribution in [2.75, 3.05) is 38.2 Å². The summed E-state index contributed by atoms with van der Waals surface area (Å²) in [6, 6.07) is 12.1. The van der Waals surface area contributed by atoms with E-state index in [0.29, 0.717) is 11.3 Å². The predicted molar refractivity (Wildman–Crippen MR) is 100 cm³/mol. The molecule has 0 bridgehead atoms. The summed E-state index contributed by atoms with van der Waals surface area (Å²) >= 11 is 0. The molecular formula is C18H20N4O3S. The zero-order chi connectivity index (χ0) is 18.1. The highest BCUT2D eigenvalue weighted by Crippen LogP contribution is 2.26. The van der Waals surface area contributed by atoms with Gasteiger partial charge in [0.1, 0.15) is 5.75 Å². The molecular weight excluding hydrogens is 352 g/mol.